The predicted molar refractivity (Wildman–Crippen MR) is 59.5 cm³/mol. The van der Waals surface area contributed by atoms with Crippen LogP contribution in [-0.2, 0) is 4.79 Å². The molecule has 0 saturated heterocycles. The number of carbonyl (C=O) groups excluding carboxylic acids is 1. The summed E-state index contributed by atoms with van der Waals surface area (Å²) in [5.41, 5.74) is -0.361. The molecular formula is C11H11ClF3NO. The number of amides is 1. The minimum atomic E-state index is -1.29. The van der Waals surface area contributed by atoms with Crippen molar-refractivity contribution < 1.29 is 18.0 Å². The Morgan fingerprint density at radius 3 is 2.41 bits per heavy atom. The van der Waals surface area contributed by atoms with E-state index in [1.54, 1.807) is 0 Å². The average molecular weight is 266 g/mol. The van der Waals surface area contributed by atoms with E-state index in [9.17, 15) is 18.0 Å². The number of benzene rings is 1. The monoisotopic (exact) mass is 265 g/mol. The Bertz CT molecular complexity index is 412. The van der Waals surface area contributed by atoms with Gasteiger partial charge in [-0.1, -0.05) is 0 Å². The first-order valence-corrected chi connectivity index (χ1v) is 5.58. The quantitative estimate of drug-likeness (QED) is 0.493. The highest BCUT2D eigenvalue weighted by atomic mass is 35.5. The van der Waals surface area contributed by atoms with Crippen LogP contribution < -0.4 is 5.32 Å². The van der Waals surface area contributed by atoms with Crippen molar-refractivity contribution in [1.82, 2.24) is 0 Å². The molecule has 0 bridgehead atoms. The molecule has 17 heavy (non-hydrogen) atoms. The van der Waals surface area contributed by atoms with Crippen molar-refractivity contribution in [3.05, 3.63) is 29.6 Å². The number of unbranched alkanes of at least 4 members (excludes halogenated alkanes) is 1. The average Bonchev–Trinajstić information content (AvgIpc) is 2.26. The normalized spacial score (nSPS) is 10.4. The summed E-state index contributed by atoms with van der Waals surface area (Å²) in [5, 5.41) is 2.17. The fourth-order valence-corrected chi connectivity index (χ4v) is 1.40. The van der Waals surface area contributed by atoms with Crippen LogP contribution in [-0.4, -0.2) is 11.8 Å². The highest BCUT2D eigenvalue weighted by Gasteiger charge is 2.11. The van der Waals surface area contributed by atoms with Crippen molar-refractivity contribution in [3.63, 3.8) is 0 Å². The molecule has 0 unspecified atom stereocenters. The van der Waals surface area contributed by atoms with Crippen LogP contribution in [0.3, 0.4) is 0 Å². The second-order valence-electron chi connectivity index (χ2n) is 3.44. The highest BCUT2D eigenvalue weighted by molar-refractivity contribution is 6.17. The summed E-state index contributed by atoms with van der Waals surface area (Å²) in [6.07, 6.45) is 1.38. The lowest BCUT2D eigenvalue weighted by Gasteiger charge is -2.06. The number of carbonyl (C=O) groups is 1. The molecule has 0 aromatic heterocycles. The van der Waals surface area contributed by atoms with Crippen LogP contribution >= 0.6 is 11.6 Å². The Kier molecular flexibility index (Phi) is 5.28. The molecule has 94 valence electrons. The van der Waals surface area contributed by atoms with Crippen LogP contribution in [0.2, 0.25) is 0 Å². The number of hydrogen-bond donors (Lipinski definition) is 1. The van der Waals surface area contributed by atoms with Crippen molar-refractivity contribution in [2.24, 2.45) is 0 Å². The van der Waals surface area contributed by atoms with Gasteiger partial charge >= 0.3 is 0 Å². The molecule has 1 aromatic carbocycles. The number of halogens is 4. The third-order valence-corrected chi connectivity index (χ3v) is 2.34. The zero-order chi connectivity index (χ0) is 12.8. The Hall–Kier alpha value is -1.23. The third-order valence-electron chi connectivity index (χ3n) is 2.07. The van der Waals surface area contributed by atoms with Gasteiger partial charge in [0.1, 0.15) is 5.82 Å². The van der Waals surface area contributed by atoms with Gasteiger partial charge in [0, 0.05) is 24.4 Å². The van der Waals surface area contributed by atoms with Gasteiger partial charge < -0.3 is 5.32 Å². The van der Waals surface area contributed by atoms with Crippen molar-refractivity contribution in [1.29, 1.82) is 0 Å². The number of alkyl halides is 1. The highest BCUT2D eigenvalue weighted by Crippen LogP contribution is 2.18. The molecule has 0 fully saturated rings. The van der Waals surface area contributed by atoms with Crippen molar-refractivity contribution in [2.75, 3.05) is 11.2 Å². The Balaban J connectivity index is 2.62. The van der Waals surface area contributed by atoms with E-state index in [1.165, 1.54) is 0 Å². The lowest BCUT2D eigenvalue weighted by atomic mass is 10.2. The first-order chi connectivity index (χ1) is 8.04. The van der Waals surface area contributed by atoms with E-state index < -0.39 is 23.4 Å². The SMILES string of the molecule is O=C(CCCCCl)Nc1cc(F)c(F)cc1F. The molecule has 0 heterocycles. The zero-order valence-corrected chi connectivity index (χ0v) is 9.66. The van der Waals surface area contributed by atoms with Crippen LogP contribution in [0.15, 0.2) is 12.1 Å². The molecule has 0 saturated carbocycles. The minimum Gasteiger partial charge on any atom is -0.324 e. The van der Waals surface area contributed by atoms with Crippen LogP contribution in [0.25, 0.3) is 0 Å². The lowest BCUT2D eigenvalue weighted by molar-refractivity contribution is -0.116. The molecule has 0 aliphatic rings. The van der Waals surface area contributed by atoms with E-state index in [4.69, 9.17) is 11.6 Å². The number of hydrogen-bond acceptors (Lipinski definition) is 1. The summed E-state index contributed by atoms with van der Waals surface area (Å²) in [6, 6.07) is 1.01. The van der Waals surface area contributed by atoms with E-state index in [1.807, 2.05) is 0 Å². The Labute approximate surface area is 102 Å². The van der Waals surface area contributed by atoms with Gasteiger partial charge in [-0.05, 0) is 12.8 Å². The summed E-state index contributed by atoms with van der Waals surface area (Å²) in [6.45, 7) is 0. The second-order valence-corrected chi connectivity index (χ2v) is 3.82. The maximum absolute atomic E-state index is 13.1. The standard InChI is InChI=1S/C11H11ClF3NO/c12-4-2-1-3-11(17)16-10-6-8(14)7(13)5-9(10)15/h5-6H,1-4H2,(H,16,17). The second kappa shape index (κ2) is 6.49. The van der Waals surface area contributed by atoms with Crippen LogP contribution in [0.5, 0.6) is 0 Å². The van der Waals surface area contributed by atoms with Gasteiger partial charge in [-0.15, -0.1) is 11.6 Å². The molecule has 0 atom stereocenters. The summed E-state index contributed by atoms with van der Waals surface area (Å²) < 4.78 is 38.5. The number of anilines is 1. The predicted octanol–water partition coefficient (Wildman–Crippen LogP) is 3.45. The van der Waals surface area contributed by atoms with Crippen molar-refractivity contribution in [3.8, 4) is 0 Å². The van der Waals surface area contributed by atoms with Gasteiger partial charge in [-0.25, -0.2) is 13.2 Å². The van der Waals surface area contributed by atoms with Crippen molar-refractivity contribution in [2.45, 2.75) is 19.3 Å². The summed E-state index contributed by atoms with van der Waals surface area (Å²) in [5.74, 6) is -3.52. The molecule has 1 amide bonds. The first-order valence-electron chi connectivity index (χ1n) is 5.05. The van der Waals surface area contributed by atoms with E-state index >= 15 is 0 Å². The van der Waals surface area contributed by atoms with Gasteiger partial charge in [0.2, 0.25) is 5.91 Å². The van der Waals surface area contributed by atoms with Gasteiger partial charge in [0.15, 0.2) is 11.6 Å². The summed E-state index contributed by atoms with van der Waals surface area (Å²) >= 11 is 5.43. The fourth-order valence-electron chi connectivity index (χ4n) is 1.21. The first kappa shape index (κ1) is 13.8. The smallest absolute Gasteiger partial charge is 0.224 e. The van der Waals surface area contributed by atoms with Gasteiger partial charge in [-0.2, -0.15) is 0 Å². The molecule has 0 spiro atoms. The van der Waals surface area contributed by atoms with Crippen LogP contribution in [0.4, 0.5) is 18.9 Å². The number of nitrogens with one attached hydrogen (secondary N) is 1. The minimum absolute atomic E-state index is 0.158. The van der Waals surface area contributed by atoms with Gasteiger partial charge in [-0.3, -0.25) is 4.79 Å². The lowest BCUT2D eigenvalue weighted by Crippen LogP contribution is -2.13. The molecule has 0 aliphatic carbocycles. The molecule has 0 aliphatic heterocycles. The molecule has 0 radical (unpaired) electrons. The molecule has 1 rings (SSSR count). The summed E-state index contributed by atoms with van der Waals surface area (Å²) in [4.78, 5) is 11.3. The zero-order valence-electron chi connectivity index (χ0n) is 8.90. The van der Waals surface area contributed by atoms with Crippen molar-refractivity contribution >= 4 is 23.2 Å². The topological polar surface area (TPSA) is 29.1 Å². The number of rotatable bonds is 5. The van der Waals surface area contributed by atoms with E-state index in [2.05, 4.69) is 5.32 Å². The van der Waals surface area contributed by atoms with E-state index in [0.29, 0.717) is 30.9 Å². The molecule has 1 aromatic rings. The van der Waals surface area contributed by atoms with Crippen LogP contribution in [0, 0.1) is 17.5 Å². The third kappa shape index (κ3) is 4.26. The van der Waals surface area contributed by atoms with E-state index in [0.717, 1.165) is 0 Å². The molecular weight excluding hydrogens is 255 g/mol. The molecule has 2 nitrogen and oxygen atoms in total. The Morgan fingerprint density at radius 2 is 1.76 bits per heavy atom. The Morgan fingerprint density at radius 1 is 1.12 bits per heavy atom. The van der Waals surface area contributed by atoms with E-state index in [-0.39, 0.29) is 12.1 Å². The van der Waals surface area contributed by atoms with Gasteiger partial charge in [0.05, 0.1) is 5.69 Å². The maximum Gasteiger partial charge on any atom is 0.224 e. The summed E-state index contributed by atoms with van der Waals surface area (Å²) in [7, 11) is 0. The van der Waals surface area contributed by atoms with Gasteiger partial charge in [0.25, 0.3) is 0 Å². The maximum atomic E-state index is 13.1. The van der Waals surface area contributed by atoms with Crippen LogP contribution in [0.1, 0.15) is 19.3 Å². The largest absolute Gasteiger partial charge is 0.324 e. The fraction of sp³-hybridized carbons (Fsp3) is 0.364. The molecule has 1 N–H and O–H groups in total. The molecule has 6 heteroatoms.